The third-order valence-corrected chi connectivity index (χ3v) is 6.47. The van der Waals surface area contributed by atoms with E-state index < -0.39 is 11.4 Å². The van der Waals surface area contributed by atoms with Gasteiger partial charge in [-0.25, -0.2) is 4.79 Å². The minimum absolute atomic E-state index is 0. The summed E-state index contributed by atoms with van der Waals surface area (Å²) in [6.45, 7) is 3.47. The van der Waals surface area contributed by atoms with Gasteiger partial charge in [0.15, 0.2) is 0 Å². The van der Waals surface area contributed by atoms with Crippen LogP contribution in [-0.2, 0) is 26.1 Å². The molecule has 4 aromatic rings. The number of ether oxygens (including phenoxy) is 1. The number of carboxylic acid groups (broad SMARTS) is 1. The van der Waals surface area contributed by atoms with Crippen molar-refractivity contribution in [1.29, 1.82) is 0 Å². The first kappa shape index (κ1) is 26.2. The molecular weight excluding hydrogens is 463 g/mol. The van der Waals surface area contributed by atoms with Gasteiger partial charge in [-0.2, -0.15) is 0 Å². The van der Waals surface area contributed by atoms with E-state index in [4.69, 9.17) is 4.74 Å². The number of rotatable bonds is 9. The Morgan fingerprint density at radius 3 is 2.25 bits per heavy atom. The van der Waals surface area contributed by atoms with Gasteiger partial charge in [-0.1, -0.05) is 60.7 Å². The normalized spacial score (nSPS) is 12.4. The maximum absolute atomic E-state index is 12.9. The molecule has 7 heteroatoms. The number of aromatic carboxylic acids is 1. The van der Waals surface area contributed by atoms with E-state index in [2.05, 4.69) is 29.2 Å². The predicted molar refractivity (Wildman–Crippen MR) is 137 cm³/mol. The largest absolute Gasteiger partial charge is 1.00 e. The molecule has 0 aliphatic carbocycles. The van der Waals surface area contributed by atoms with Crippen LogP contribution in [0, 0.1) is 0 Å². The minimum Gasteiger partial charge on any atom is -1.00 e. The molecule has 2 heterocycles. The monoisotopic (exact) mass is 492 g/mol. The molecule has 36 heavy (non-hydrogen) atoms. The molecule has 0 atom stereocenters. The maximum atomic E-state index is 12.9. The molecule has 1 aliphatic rings. The molecule has 0 fully saturated rings. The van der Waals surface area contributed by atoms with Crippen molar-refractivity contribution in [3.05, 3.63) is 111 Å². The summed E-state index contributed by atoms with van der Waals surface area (Å²) in [5.74, 6) is -0.587. The Labute approximate surface area is 233 Å². The van der Waals surface area contributed by atoms with Crippen LogP contribution >= 0.6 is 0 Å². The van der Waals surface area contributed by atoms with Crippen molar-refractivity contribution in [3.63, 3.8) is 0 Å². The standard InChI is InChI=1S/C29H28N2O4.Na.H/c32-28-25-17-24(16-23-12-7-13-31(27(23)25)20-26(28)29(33)34)35-15-14-30(18-21-8-3-1-4-9-21)19-22-10-5-2-6-11-22;;/h1-6,8-11,16-17,20H,7,12-15,18-19H2,(H,33,34);;/q;+1;-1. The minimum atomic E-state index is -1.20. The van der Waals surface area contributed by atoms with Crippen molar-refractivity contribution in [3.8, 4) is 5.75 Å². The predicted octanol–water partition coefficient (Wildman–Crippen LogP) is 1.84. The summed E-state index contributed by atoms with van der Waals surface area (Å²) in [7, 11) is 0. The van der Waals surface area contributed by atoms with Crippen molar-refractivity contribution < 1.29 is 45.6 Å². The second kappa shape index (κ2) is 11.9. The number of benzene rings is 3. The van der Waals surface area contributed by atoms with Crippen LogP contribution < -0.4 is 39.7 Å². The summed E-state index contributed by atoms with van der Waals surface area (Å²) < 4.78 is 8.04. The summed E-state index contributed by atoms with van der Waals surface area (Å²) in [6.07, 6.45) is 3.21. The molecule has 1 aromatic heterocycles. The number of hydrogen-bond acceptors (Lipinski definition) is 4. The smallest absolute Gasteiger partial charge is 1.00 e. The Kier molecular flexibility index (Phi) is 8.64. The van der Waals surface area contributed by atoms with Crippen molar-refractivity contribution in [2.24, 2.45) is 0 Å². The Balaban J connectivity index is 0.00000190. The first-order chi connectivity index (χ1) is 17.1. The molecule has 0 unspecified atom stereocenters. The van der Waals surface area contributed by atoms with Gasteiger partial charge >= 0.3 is 35.5 Å². The molecule has 0 bridgehead atoms. The maximum Gasteiger partial charge on any atom is 1.00 e. The average Bonchev–Trinajstić information content (AvgIpc) is 2.87. The summed E-state index contributed by atoms with van der Waals surface area (Å²) in [6, 6.07) is 24.4. The van der Waals surface area contributed by atoms with Crippen molar-refractivity contribution in [1.82, 2.24) is 9.47 Å². The van der Waals surface area contributed by atoms with Gasteiger partial charge in [0.1, 0.15) is 17.9 Å². The summed E-state index contributed by atoms with van der Waals surface area (Å²) >= 11 is 0. The van der Waals surface area contributed by atoms with Crippen LogP contribution in [0.1, 0.15) is 34.9 Å². The van der Waals surface area contributed by atoms with Crippen LogP contribution in [0.2, 0.25) is 0 Å². The van der Waals surface area contributed by atoms with Gasteiger partial charge in [-0.15, -0.1) is 0 Å². The zero-order chi connectivity index (χ0) is 24.2. The molecule has 3 aromatic carbocycles. The fraction of sp³-hybridized carbons (Fsp3) is 0.241. The summed E-state index contributed by atoms with van der Waals surface area (Å²) in [4.78, 5) is 26.9. The Hall–Kier alpha value is -2.90. The summed E-state index contributed by atoms with van der Waals surface area (Å²) in [5.41, 5.74) is 3.68. The quantitative estimate of drug-likeness (QED) is 0.361. The van der Waals surface area contributed by atoms with Crippen molar-refractivity contribution in [2.45, 2.75) is 32.5 Å². The van der Waals surface area contributed by atoms with E-state index in [-0.39, 0.29) is 36.5 Å². The van der Waals surface area contributed by atoms with E-state index in [0.29, 0.717) is 30.8 Å². The van der Waals surface area contributed by atoms with Gasteiger partial charge in [-0.3, -0.25) is 9.69 Å². The zero-order valence-electron chi connectivity index (χ0n) is 21.5. The molecule has 0 saturated carbocycles. The molecule has 0 spiro atoms. The van der Waals surface area contributed by atoms with Crippen molar-refractivity contribution >= 4 is 16.9 Å². The Bertz CT molecular complexity index is 1370. The topological polar surface area (TPSA) is 71.8 Å². The van der Waals surface area contributed by atoms with Crippen LogP contribution in [0.25, 0.3) is 10.9 Å². The van der Waals surface area contributed by atoms with Crippen LogP contribution in [0.3, 0.4) is 0 Å². The van der Waals surface area contributed by atoms with Crippen molar-refractivity contribution in [2.75, 3.05) is 13.2 Å². The number of carbonyl (C=O) groups is 1. The molecule has 0 saturated heterocycles. The van der Waals surface area contributed by atoms with Crippen LogP contribution in [0.15, 0.2) is 83.8 Å². The third kappa shape index (κ3) is 5.90. The second-order valence-electron chi connectivity index (χ2n) is 8.98. The van der Waals surface area contributed by atoms with E-state index in [1.165, 1.54) is 17.3 Å². The number of aryl methyl sites for hydroxylation is 2. The molecular formula is C29H29N2NaO4. The third-order valence-electron chi connectivity index (χ3n) is 6.47. The molecule has 0 radical (unpaired) electrons. The van der Waals surface area contributed by atoms with E-state index in [0.717, 1.165) is 37.0 Å². The van der Waals surface area contributed by atoms with Gasteiger partial charge < -0.3 is 15.8 Å². The van der Waals surface area contributed by atoms with E-state index >= 15 is 0 Å². The Morgan fingerprint density at radius 2 is 1.64 bits per heavy atom. The van der Waals surface area contributed by atoms with Gasteiger partial charge in [0.05, 0.1) is 10.9 Å². The number of carboxylic acids is 1. The first-order valence-electron chi connectivity index (χ1n) is 11.9. The van der Waals surface area contributed by atoms with Crippen LogP contribution in [0.4, 0.5) is 0 Å². The SMILES string of the molecule is O=C(O)c1cn2c3c(cc(OCCN(Cc4ccccc4)Cc4ccccc4)cc3c1=O)CCC2.[H-].[Na+]. The summed E-state index contributed by atoms with van der Waals surface area (Å²) in [5, 5.41) is 9.92. The number of aromatic nitrogens is 1. The van der Waals surface area contributed by atoms with E-state index in [1.807, 2.05) is 47.0 Å². The van der Waals surface area contributed by atoms with E-state index in [9.17, 15) is 14.7 Å². The molecule has 5 rings (SSSR count). The fourth-order valence-corrected chi connectivity index (χ4v) is 4.83. The average molecular weight is 493 g/mol. The fourth-order valence-electron chi connectivity index (χ4n) is 4.83. The van der Waals surface area contributed by atoms with Crippen LogP contribution in [0.5, 0.6) is 5.75 Å². The molecule has 6 nitrogen and oxygen atoms in total. The Morgan fingerprint density at radius 1 is 1.00 bits per heavy atom. The van der Waals surface area contributed by atoms with Gasteiger partial charge in [0, 0.05) is 32.4 Å². The molecule has 1 N–H and O–H groups in total. The molecule has 180 valence electrons. The van der Waals surface area contributed by atoms with Gasteiger partial charge in [-0.05, 0) is 41.7 Å². The first-order valence-corrected chi connectivity index (χ1v) is 11.9. The molecule has 0 amide bonds. The second-order valence-corrected chi connectivity index (χ2v) is 8.98. The molecule has 1 aliphatic heterocycles. The van der Waals surface area contributed by atoms with Crippen LogP contribution in [-0.4, -0.2) is 33.7 Å². The number of nitrogens with zero attached hydrogens (tertiary/aromatic N) is 2. The van der Waals surface area contributed by atoms with E-state index in [1.54, 1.807) is 6.07 Å². The van der Waals surface area contributed by atoms with Gasteiger partial charge in [0.25, 0.3) is 0 Å². The number of pyridine rings is 1. The zero-order valence-corrected chi connectivity index (χ0v) is 22.5. The van der Waals surface area contributed by atoms with Gasteiger partial charge in [0.2, 0.25) is 5.43 Å². The number of hydrogen-bond donors (Lipinski definition) is 1.